The Morgan fingerprint density at radius 1 is 1.28 bits per heavy atom. The Morgan fingerprint density at radius 3 is 2.88 bits per heavy atom. The van der Waals surface area contributed by atoms with Crippen molar-refractivity contribution in [2.75, 3.05) is 5.32 Å². The van der Waals surface area contributed by atoms with Crippen molar-refractivity contribution in [1.82, 2.24) is 4.98 Å². The predicted molar refractivity (Wildman–Crippen MR) is 95.4 cm³/mol. The van der Waals surface area contributed by atoms with Crippen molar-refractivity contribution < 1.29 is 14.0 Å². The van der Waals surface area contributed by atoms with Gasteiger partial charge in [0.1, 0.15) is 5.82 Å². The second-order valence-electron chi connectivity index (χ2n) is 5.82. The number of thiazole rings is 1. The predicted octanol–water partition coefficient (Wildman–Crippen LogP) is 3.88. The van der Waals surface area contributed by atoms with Gasteiger partial charge in [-0.2, -0.15) is 0 Å². The number of rotatable bonds is 3. The molecule has 1 N–H and O–H groups in total. The number of aryl methyl sites for hydroxylation is 1. The summed E-state index contributed by atoms with van der Waals surface area (Å²) in [6.45, 7) is 2.01. The highest BCUT2D eigenvalue weighted by Gasteiger charge is 2.29. The molecular weight excluding hydrogens is 341 g/mol. The molecule has 1 unspecified atom stereocenters. The molecule has 0 saturated heterocycles. The summed E-state index contributed by atoms with van der Waals surface area (Å²) in [4.78, 5) is 22.0. The number of nitrogens with one attached hydrogen (secondary N) is 1. The van der Waals surface area contributed by atoms with E-state index >= 15 is 0 Å². The number of fused-ring (bicyclic) bond motifs is 1. The lowest BCUT2D eigenvalue weighted by Gasteiger charge is -2.06. The maximum absolute atomic E-state index is 13.0. The SMILES string of the molecule is Cc1ccc2nc(NC(=O)C3CC(c4ccc(F)cc4)=NO3)sc2c1. The normalized spacial score (nSPS) is 16.6. The van der Waals surface area contributed by atoms with Crippen molar-refractivity contribution in [3.63, 3.8) is 0 Å². The van der Waals surface area contributed by atoms with Crippen LogP contribution in [0.4, 0.5) is 9.52 Å². The number of hydrogen-bond acceptors (Lipinski definition) is 5. The first-order valence-corrected chi connectivity index (χ1v) is 8.57. The van der Waals surface area contributed by atoms with Gasteiger partial charge in [-0.25, -0.2) is 9.37 Å². The smallest absolute Gasteiger partial charge is 0.270 e. The summed E-state index contributed by atoms with van der Waals surface area (Å²) >= 11 is 1.42. The third-order valence-electron chi connectivity index (χ3n) is 3.91. The Bertz CT molecular complexity index is 982. The molecule has 1 aliphatic rings. The van der Waals surface area contributed by atoms with E-state index in [9.17, 15) is 9.18 Å². The molecule has 1 aromatic heterocycles. The summed E-state index contributed by atoms with van der Waals surface area (Å²) in [5.74, 6) is -0.611. The van der Waals surface area contributed by atoms with E-state index in [2.05, 4.69) is 15.5 Å². The molecular formula is C18H14FN3O2S. The molecule has 5 nitrogen and oxygen atoms in total. The maximum Gasteiger partial charge on any atom is 0.270 e. The summed E-state index contributed by atoms with van der Waals surface area (Å²) in [6.07, 6.45) is -0.379. The lowest BCUT2D eigenvalue weighted by molar-refractivity contribution is -0.125. The van der Waals surface area contributed by atoms with Crippen molar-refractivity contribution in [3.8, 4) is 0 Å². The standard InChI is InChI=1S/C18H14FN3O2S/c1-10-2-7-13-16(8-10)25-18(20-13)21-17(23)15-9-14(22-24-15)11-3-5-12(19)6-4-11/h2-8,15H,9H2,1H3,(H,20,21,23). The molecule has 2 aromatic carbocycles. The zero-order chi connectivity index (χ0) is 17.4. The molecule has 25 heavy (non-hydrogen) atoms. The monoisotopic (exact) mass is 355 g/mol. The number of amides is 1. The fourth-order valence-corrected chi connectivity index (χ4v) is 3.57. The molecule has 0 bridgehead atoms. The van der Waals surface area contributed by atoms with Gasteiger partial charge >= 0.3 is 0 Å². The van der Waals surface area contributed by atoms with Crippen LogP contribution in [0, 0.1) is 12.7 Å². The van der Waals surface area contributed by atoms with Crippen molar-refractivity contribution >= 4 is 38.3 Å². The minimum atomic E-state index is -0.714. The Hall–Kier alpha value is -2.80. The fourth-order valence-electron chi connectivity index (χ4n) is 2.60. The lowest BCUT2D eigenvalue weighted by atomic mass is 10.0. The van der Waals surface area contributed by atoms with Crippen LogP contribution in [0.1, 0.15) is 17.5 Å². The zero-order valence-electron chi connectivity index (χ0n) is 13.3. The number of hydrogen-bond donors (Lipinski definition) is 1. The van der Waals surface area contributed by atoms with Crippen LogP contribution in [0.2, 0.25) is 0 Å². The summed E-state index contributed by atoms with van der Waals surface area (Å²) in [6, 6.07) is 11.9. The molecule has 0 spiro atoms. The van der Waals surface area contributed by atoms with Crippen LogP contribution in [0.25, 0.3) is 10.2 Å². The average Bonchev–Trinajstić information content (AvgIpc) is 3.21. The zero-order valence-corrected chi connectivity index (χ0v) is 14.1. The molecule has 0 aliphatic carbocycles. The van der Waals surface area contributed by atoms with E-state index in [1.54, 1.807) is 12.1 Å². The summed E-state index contributed by atoms with van der Waals surface area (Å²) in [7, 11) is 0. The molecule has 3 aromatic rings. The van der Waals surface area contributed by atoms with Crippen molar-refractivity contribution in [3.05, 3.63) is 59.4 Å². The molecule has 0 fully saturated rings. The van der Waals surface area contributed by atoms with E-state index in [0.717, 1.165) is 21.3 Å². The molecule has 2 heterocycles. The van der Waals surface area contributed by atoms with Gasteiger partial charge in [0.25, 0.3) is 5.91 Å². The van der Waals surface area contributed by atoms with E-state index in [4.69, 9.17) is 4.84 Å². The number of carbonyl (C=O) groups is 1. The minimum absolute atomic E-state index is 0.295. The van der Waals surface area contributed by atoms with Gasteiger partial charge in [0.05, 0.1) is 15.9 Å². The first kappa shape index (κ1) is 15.7. The largest absolute Gasteiger partial charge is 0.382 e. The number of anilines is 1. The lowest BCUT2D eigenvalue weighted by Crippen LogP contribution is -2.27. The topological polar surface area (TPSA) is 63.6 Å². The Labute approximate surface area is 147 Å². The third-order valence-corrected chi connectivity index (χ3v) is 4.85. The highest BCUT2D eigenvalue weighted by molar-refractivity contribution is 7.22. The van der Waals surface area contributed by atoms with Gasteiger partial charge in [0, 0.05) is 6.42 Å². The highest BCUT2D eigenvalue weighted by Crippen LogP contribution is 2.27. The van der Waals surface area contributed by atoms with Gasteiger partial charge in [0.2, 0.25) is 6.10 Å². The number of oxime groups is 1. The fraction of sp³-hybridized carbons (Fsp3) is 0.167. The maximum atomic E-state index is 13.0. The summed E-state index contributed by atoms with van der Waals surface area (Å²) < 4.78 is 14.0. The van der Waals surface area contributed by atoms with E-state index in [-0.39, 0.29) is 11.7 Å². The van der Waals surface area contributed by atoms with Gasteiger partial charge in [-0.05, 0) is 42.3 Å². The number of aromatic nitrogens is 1. The molecule has 126 valence electrons. The quantitative estimate of drug-likeness (QED) is 0.776. The summed E-state index contributed by atoms with van der Waals surface area (Å²) in [5, 5.41) is 7.27. The molecule has 0 radical (unpaired) electrons. The highest BCUT2D eigenvalue weighted by atomic mass is 32.1. The van der Waals surface area contributed by atoms with Gasteiger partial charge in [-0.3, -0.25) is 10.1 Å². The van der Waals surface area contributed by atoms with Gasteiger partial charge in [-0.1, -0.05) is 34.7 Å². The van der Waals surface area contributed by atoms with Crippen LogP contribution >= 0.6 is 11.3 Å². The van der Waals surface area contributed by atoms with Crippen LogP contribution in [0.5, 0.6) is 0 Å². The molecule has 1 atom stereocenters. The van der Waals surface area contributed by atoms with Gasteiger partial charge in [-0.15, -0.1) is 0 Å². The average molecular weight is 355 g/mol. The number of halogens is 1. The van der Waals surface area contributed by atoms with Crippen molar-refractivity contribution in [2.24, 2.45) is 5.16 Å². The van der Waals surface area contributed by atoms with E-state index in [1.807, 2.05) is 25.1 Å². The molecule has 1 amide bonds. The Kier molecular flexibility index (Phi) is 3.93. The van der Waals surface area contributed by atoms with Gasteiger partial charge in [0.15, 0.2) is 5.13 Å². The number of benzene rings is 2. The van der Waals surface area contributed by atoms with E-state index < -0.39 is 6.10 Å². The Balaban J connectivity index is 1.44. The van der Waals surface area contributed by atoms with Gasteiger partial charge < -0.3 is 4.84 Å². The molecule has 4 rings (SSSR count). The van der Waals surface area contributed by atoms with Crippen LogP contribution in [-0.2, 0) is 9.63 Å². The molecule has 7 heteroatoms. The van der Waals surface area contributed by atoms with Crippen molar-refractivity contribution in [1.29, 1.82) is 0 Å². The van der Waals surface area contributed by atoms with Crippen LogP contribution in [0.15, 0.2) is 47.6 Å². The third kappa shape index (κ3) is 3.23. The first-order valence-electron chi connectivity index (χ1n) is 7.75. The first-order chi connectivity index (χ1) is 12.1. The molecule has 0 saturated carbocycles. The molecule has 1 aliphatic heterocycles. The Morgan fingerprint density at radius 2 is 2.08 bits per heavy atom. The number of nitrogens with zero attached hydrogens (tertiary/aromatic N) is 2. The number of carbonyl (C=O) groups excluding carboxylic acids is 1. The van der Waals surface area contributed by atoms with Crippen LogP contribution in [-0.4, -0.2) is 22.7 Å². The summed E-state index contributed by atoms with van der Waals surface area (Å²) in [5.41, 5.74) is 3.36. The van der Waals surface area contributed by atoms with Crippen LogP contribution in [0.3, 0.4) is 0 Å². The van der Waals surface area contributed by atoms with Crippen LogP contribution < -0.4 is 5.32 Å². The van der Waals surface area contributed by atoms with E-state index in [0.29, 0.717) is 17.3 Å². The second-order valence-corrected chi connectivity index (χ2v) is 6.85. The van der Waals surface area contributed by atoms with E-state index in [1.165, 1.54) is 23.5 Å². The minimum Gasteiger partial charge on any atom is -0.382 e. The van der Waals surface area contributed by atoms with Crippen molar-refractivity contribution in [2.45, 2.75) is 19.4 Å². The second kappa shape index (κ2) is 6.25.